The van der Waals surface area contributed by atoms with Crippen LogP contribution in [-0.2, 0) is 16.0 Å². The number of ether oxygens (including phenoxy) is 1. The largest absolute Gasteiger partial charge is 0.471 e. The number of alkyl halides is 3. The van der Waals surface area contributed by atoms with Crippen LogP contribution in [0.5, 0.6) is 0 Å². The molecule has 0 radical (unpaired) electrons. The topological polar surface area (TPSA) is 55.4 Å². The maximum absolute atomic E-state index is 12.1. The molecule has 138 valence electrons. The molecule has 0 aliphatic heterocycles. The second-order valence-electron chi connectivity index (χ2n) is 5.62. The maximum Gasteiger partial charge on any atom is 0.471 e. The molecule has 0 fully saturated rings. The second-order valence-corrected chi connectivity index (χ2v) is 5.62. The number of esters is 1. The summed E-state index contributed by atoms with van der Waals surface area (Å²) in [6, 6.07) is 14.6. The van der Waals surface area contributed by atoms with E-state index in [1.807, 2.05) is 41.7 Å². The summed E-state index contributed by atoms with van der Waals surface area (Å²) in [5, 5.41) is 1.85. The highest BCUT2D eigenvalue weighted by atomic mass is 19.4. The predicted octanol–water partition coefficient (Wildman–Crippen LogP) is 3.75. The Balaban J connectivity index is 1.88. The summed E-state index contributed by atoms with van der Waals surface area (Å²) in [6.07, 6.45) is -3.88. The number of carbonyl (C=O) groups excluding carboxylic acids is 2. The van der Waals surface area contributed by atoms with Crippen molar-refractivity contribution < 1.29 is 27.5 Å². The number of hydrogen-bond acceptors (Lipinski definition) is 3. The van der Waals surface area contributed by atoms with E-state index in [-0.39, 0.29) is 6.54 Å². The van der Waals surface area contributed by atoms with E-state index in [1.165, 1.54) is 7.11 Å². The van der Waals surface area contributed by atoms with Crippen LogP contribution in [0.3, 0.4) is 0 Å². The van der Waals surface area contributed by atoms with Gasteiger partial charge in [0.25, 0.3) is 0 Å². The van der Waals surface area contributed by atoms with E-state index in [0.717, 1.165) is 16.7 Å². The molecule has 0 spiro atoms. The molecule has 0 aromatic heterocycles. The van der Waals surface area contributed by atoms with Gasteiger partial charge in [-0.3, -0.25) is 4.79 Å². The van der Waals surface area contributed by atoms with E-state index in [1.54, 1.807) is 12.1 Å². The van der Waals surface area contributed by atoms with Gasteiger partial charge in [0.15, 0.2) is 0 Å². The number of amides is 1. The first-order valence-electron chi connectivity index (χ1n) is 7.94. The molecule has 2 rings (SSSR count). The number of hydrogen-bond donors (Lipinski definition) is 1. The van der Waals surface area contributed by atoms with E-state index in [9.17, 15) is 22.8 Å². The Morgan fingerprint density at radius 1 is 0.962 bits per heavy atom. The summed E-state index contributed by atoms with van der Waals surface area (Å²) in [4.78, 5) is 22.1. The van der Waals surface area contributed by atoms with Crippen molar-refractivity contribution in [3.05, 3.63) is 59.7 Å². The van der Waals surface area contributed by atoms with Crippen molar-refractivity contribution in [2.45, 2.75) is 19.0 Å². The minimum absolute atomic E-state index is 0.0327. The lowest BCUT2D eigenvalue weighted by Gasteiger charge is -2.08. The molecule has 2 aromatic carbocycles. The molecule has 0 heterocycles. The molecule has 26 heavy (non-hydrogen) atoms. The van der Waals surface area contributed by atoms with Crippen LogP contribution in [-0.4, -0.2) is 31.7 Å². The zero-order chi connectivity index (χ0) is 19.2. The lowest BCUT2D eigenvalue weighted by atomic mass is 10.0. The van der Waals surface area contributed by atoms with Gasteiger partial charge in [0.2, 0.25) is 0 Å². The second kappa shape index (κ2) is 8.51. The highest BCUT2D eigenvalue weighted by Crippen LogP contribution is 2.21. The van der Waals surface area contributed by atoms with E-state index in [0.29, 0.717) is 18.4 Å². The normalized spacial score (nSPS) is 11.1. The smallest absolute Gasteiger partial charge is 0.465 e. The van der Waals surface area contributed by atoms with E-state index >= 15 is 0 Å². The quantitative estimate of drug-likeness (QED) is 0.627. The molecular weight excluding hydrogens is 347 g/mol. The van der Waals surface area contributed by atoms with Crippen molar-refractivity contribution in [1.82, 2.24) is 5.32 Å². The van der Waals surface area contributed by atoms with Gasteiger partial charge in [0.1, 0.15) is 0 Å². The van der Waals surface area contributed by atoms with Crippen molar-refractivity contribution in [3.8, 4) is 11.1 Å². The molecule has 0 unspecified atom stereocenters. The number of halogens is 3. The minimum atomic E-state index is -4.84. The third-order valence-corrected chi connectivity index (χ3v) is 3.78. The highest BCUT2D eigenvalue weighted by molar-refractivity contribution is 5.90. The molecule has 0 atom stereocenters. The summed E-state index contributed by atoms with van der Waals surface area (Å²) >= 11 is 0. The van der Waals surface area contributed by atoms with Gasteiger partial charge >= 0.3 is 18.1 Å². The maximum atomic E-state index is 12.1. The Morgan fingerprint density at radius 3 is 2.00 bits per heavy atom. The summed E-state index contributed by atoms with van der Waals surface area (Å²) in [6.45, 7) is -0.0327. The van der Waals surface area contributed by atoms with Gasteiger partial charge in [-0.25, -0.2) is 4.79 Å². The molecule has 0 aliphatic rings. The lowest BCUT2D eigenvalue weighted by molar-refractivity contribution is -0.173. The van der Waals surface area contributed by atoms with Crippen molar-refractivity contribution >= 4 is 11.9 Å². The van der Waals surface area contributed by atoms with Gasteiger partial charge in [-0.2, -0.15) is 13.2 Å². The zero-order valence-electron chi connectivity index (χ0n) is 14.1. The first kappa shape index (κ1) is 19.5. The first-order valence-corrected chi connectivity index (χ1v) is 7.94. The molecule has 1 N–H and O–H groups in total. The fourth-order valence-corrected chi connectivity index (χ4v) is 2.38. The van der Waals surface area contributed by atoms with Gasteiger partial charge in [-0.15, -0.1) is 0 Å². The van der Waals surface area contributed by atoms with Crippen LogP contribution in [0.15, 0.2) is 48.5 Å². The van der Waals surface area contributed by atoms with E-state index in [4.69, 9.17) is 0 Å². The van der Waals surface area contributed by atoms with Gasteiger partial charge in [-0.1, -0.05) is 36.4 Å². The van der Waals surface area contributed by atoms with Crippen molar-refractivity contribution in [3.63, 3.8) is 0 Å². The Hall–Kier alpha value is -2.83. The molecule has 7 heteroatoms. The van der Waals surface area contributed by atoms with Crippen molar-refractivity contribution in [2.24, 2.45) is 0 Å². The van der Waals surface area contributed by atoms with E-state index < -0.39 is 18.1 Å². The third kappa shape index (κ3) is 5.34. The Bertz CT molecular complexity index is 753. The predicted molar refractivity (Wildman–Crippen MR) is 90.6 cm³/mol. The van der Waals surface area contributed by atoms with Crippen molar-refractivity contribution in [2.75, 3.05) is 13.7 Å². The molecule has 0 saturated heterocycles. The molecule has 0 bridgehead atoms. The Kier molecular flexibility index (Phi) is 6.38. The van der Waals surface area contributed by atoms with Gasteiger partial charge < -0.3 is 10.1 Å². The van der Waals surface area contributed by atoms with Gasteiger partial charge in [0.05, 0.1) is 12.7 Å². The van der Waals surface area contributed by atoms with Crippen LogP contribution >= 0.6 is 0 Å². The zero-order valence-corrected chi connectivity index (χ0v) is 14.1. The Labute approximate surface area is 149 Å². The third-order valence-electron chi connectivity index (χ3n) is 3.78. The minimum Gasteiger partial charge on any atom is -0.465 e. The standard InChI is InChI=1S/C19H18F3NO3/c1-26-17(24)16-10-8-15(9-11-16)14-6-4-13(5-7-14)3-2-12-23-18(25)19(20,21)22/h4-11H,2-3,12H2,1H3,(H,23,25). The van der Waals surface area contributed by atoms with Crippen LogP contribution in [0.25, 0.3) is 11.1 Å². The highest BCUT2D eigenvalue weighted by Gasteiger charge is 2.38. The molecule has 0 saturated carbocycles. The fraction of sp³-hybridized carbons (Fsp3) is 0.263. The van der Waals surface area contributed by atoms with Crippen LogP contribution < -0.4 is 5.32 Å². The summed E-state index contributed by atoms with van der Waals surface area (Å²) in [5.41, 5.74) is 3.31. The van der Waals surface area contributed by atoms with Crippen molar-refractivity contribution in [1.29, 1.82) is 0 Å². The van der Waals surface area contributed by atoms with Gasteiger partial charge in [-0.05, 0) is 41.7 Å². The van der Waals surface area contributed by atoms with Crippen LogP contribution in [0, 0.1) is 0 Å². The molecular formula is C19H18F3NO3. The number of nitrogens with one attached hydrogen (secondary N) is 1. The van der Waals surface area contributed by atoms with Crippen LogP contribution in [0.4, 0.5) is 13.2 Å². The van der Waals surface area contributed by atoms with E-state index in [2.05, 4.69) is 4.74 Å². The SMILES string of the molecule is COC(=O)c1ccc(-c2ccc(CCCNC(=O)C(F)(F)F)cc2)cc1. The summed E-state index contributed by atoms with van der Waals surface area (Å²) in [7, 11) is 1.32. The Morgan fingerprint density at radius 2 is 1.50 bits per heavy atom. The molecule has 4 nitrogen and oxygen atoms in total. The summed E-state index contributed by atoms with van der Waals surface area (Å²) < 4.78 is 40.8. The lowest BCUT2D eigenvalue weighted by Crippen LogP contribution is -2.37. The number of rotatable bonds is 6. The number of benzene rings is 2. The van der Waals surface area contributed by atoms with Crippen LogP contribution in [0.2, 0.25) is 0 Å². The monoisotopic (exact) mass is 365 g/mol. The first-order chi connectivity index (χ1) is 12.3. The average molecular weight is 365 g/mol. The number of methoxy groups -OCH3 is 1. The molecule has 0 aliphatic carbocycles. The number of aryl methyl sites for hydroxylation is 1. The molecule has 1 amide bonds. The van der Waals surface area contributed by atoms with Gasteiger partial charge in [0, 0.05) is 6.54 Å². The molecule has 2 aromatic rings. The fourth-order valence-electron chi connectivity index (χ4n) is 2.38. The summed E-state index contributed by atoms with van der Waals surface area (Å²) in [5.74, 6) is -2.31. The average Bonchev–Trinajstić information content (AvgIpc) is 2.64. The van der Waals surface area contributed by atoms with Crippen LogP contribution in [0.1, 0.15) is 22.3 Å². The number of carbonyl (C=O) groups is 2.